The van der Waals surface area contributed by atoms with Gasteiger partial charge in [0.15, 0.2) is 0 Å². The van der Waals surface area contributed by atoms with Gasteiger partial charge in [-0.05, 0) is 50.6 Å². The molecular formula is C37H40FN7O3. The van der Waals surface area contributed by atoms with Gasteiger partial charge in [-0.25, -0.2) is 9.18 Å². The second-order valence-corrected chi connectivity index (χ2v) is 12.8. The summed E-state index contributed by atoms with van der Waals surface area (Å²) < 4.78 is 26.6. The van der Waals surface area contributed by atoms with Crippen molar-refractivity contribution >= 4 is 28.4 Å². The van der Waals surface area contributed by atoms with E-state index >= 15 is 0 Å². The third-order valence-electron chi connectivity index (χ3n) is 9.84. The fourth-order valence-corrected chi connectivity index (χ4v) is 7.17. The molecule has 0 aliphatic carbocycles. The van der Waals surface area contributed by atoms with Crippen LogP contribution in [0.1, 0.15) is 36.1 Å². The summed E-state index contributed by atoms with van der Waals surface area (Å²) in [6.45, 7) is 4.32. The summed E-state index contributed by atoms with van der Waals surface area (Å²) >= 11 is 0. The van der Waals surface area contributed by atoms with Crippen LogP contribution in [0.2, 0.25) is 0 Å². The zero-order valence-electron chi connectivity index (χ0n) is 27.2. The lowest BCUT2D eigenvalue weighted by Crippen LogP contribution is -2.55. The van der Waals surface area contributed by atoms with Gasteiger partial charge in [-0.2, -0.15) is 15.2 Å². The Morgan fingerprint density at radius 1 is 0.958 bits per heavy atom. The molecule has 1 amide bonds. The number of rotatable bonds is 8. The van der Waals surface area contributed by atoms with Crippen molar-refractivity contribution in [3.63, 3.8) is 0 Å². The molecule has 2 atom stereocenters. The highest BCUT2D eigenvalue weighted by molar-refractivity contribution is 5.94. The fraction of sp³-hybridized carbons (Fsp3) is 0.405. The van der Waals surface area contributed by atoms with Gasteiger partial charge in [0.1, 0.15) is 24.8 Å². The lowest BCUT2D eigenvalue weighted by Gasteiger charge is -2.42. The summed E-state index contributed by atoms with van der Waals surface area (Å²) in [4.78, 5) is 31.5. The molecule has 11 heteroatoms. The molecule has 3 aliphatic heterocycles. The molecule has 48 heavy (non-hydrogen) atoms. The first kappa shape index (κ1) is 31.6. The van der Waals surface area contributed by atoms with Crippen molar-refractivity contribution in [1.29, 1.82) is 5.26 Å². The van der Waals surface area contributed by atoms with Gasteiger partial charge in [-0.15, -0.1) is 0 Å². The first-order valence-electron chi connectivity index (χ1n) is 16.7. The number of nitriles is 1. The van der Waals surface area contributed by atoms with Crippen molar-refractivity contribution in [2.75, 3.05) is 56.2 Å². The average Bonchev–Trinajstić information content (AvgIpc) is 3.54. The second kappa shape index (κ2) is 14.0. The monoisotopic (exact) mass is 649 g/mol. The van der Waals surface area contributed by atoms with Crippen LogP contribution in [-0.2, 0) is 24.3 Å². The van der Waals surface area contributed by atoms with Crippen LogP contribution < -0.4 is 14.5 Å². The van der Waals surface area contributed by atoms with Crippen molar-refractivity contribution in [3.05, 3.63) is 89.4 Å². The smallest absolute Gasteiger partial charge is 0.410 e. The Hall–Kier alpha value is -4.95. The second-order valence-electron chi connectivity index (χ2n) is 12.8. The molecule has 248 valence electrons. The van der Waals surface area contributed by atoms with Gasteiger partial charge in [0.25, 0.3) is 0 Å². The van der Waals surface area contributed by atoms with E-state index in [9.17, 15) is 14.4 Å². The highest BCUT2D eigenvalue weighted by Gasteiger charge is 2.35. The maximum absolute atomic E-state index is 14.7. The molecule has 4 heterocycles. The lowest BCUT2D eigenvalue weighted by atomic mass is 10.0. The topological polar surface area (TPSA) is 98.1 Å². The van der Waals surface area contributed by atoms with E-state index in [2.05, 4.69) is 27.8 Å². The number of amides is 1. The van der Waals surface area contributed by atoms with Crippen LogP contribution in [0.15, 0.2) is 66.7 Å². The number of carbonyl (C=O) groups excluding carboxylic acids is 1. The molecule has 0 radical (unpaired) electrons. The van der Waals surface area contributed by atoms with Crippen LogP contribution in [0.5, 0.6) is 6.01 Å². The van der Waals surface area contributed by atoms with Gasteiger partial charge in [0, 0.05) is 54.2 Å². The Morgan fingerprint density at radius 2 is 1.77 bits per heavy atom. The van der Waals surface area contributed by atoms with Crippen LogP contribution in [-0.4, -0.2) is 84.3 Å². The summed E-state index contributed by atoms with van der Waals surface area (Å²) in [5.74, 6) is 0.553. The number of carbonyl (C=O) groups is 1. The first-order chi connectivity index (χ1) is 23.5. The van der Waals surface area contributed by atoms with Gasteiger partial charge in [0.05, 0.1) is 30.8 Å². The number of anilines is 2. The molecule has 0 saturated carbocycles. The van der Waals surface area contributed by atoms with Crippen LogP contribution in [0.25, 0.3) is 10.8 Å². The molecule has 2 fully saturated rings. The largest absolute Gasteiger partial charge is 0.462 e. The van der Waals surface area contributed by atoms with Gasteiger partial charge < -0.3 is 29.1 Å². The molecule has 2 saturated heterocycles. The Kier molecular flexibility index (Phi) is 9.25. The molecule has 3 aliphatic rings. The number of hydrogen-bond donors (Lipinski definition) is 0. The third-order valence-corrected chi connectivity index (χ3v) is 9.84. The summed E-state index contributed by atoms with van der Waals surface area (Å²) in [5.41, 5.74) is 3.78. The van der Waals surface area contributed by atoms with E-state index in [0.29, 0.717) is 63.2 Å². The summed E-state index contributed by atoms with van der Waals surface area (Å²) in [5, 5.41) is 11.2. The summed E-state index contributed by atoms with van der Waals surface area (Å²) in [6.07, 6.45) is 2.64. The molecule has 10 nitrogen and oxygen atoms in total. The van der Waals surface area contributed by atoms with Gasteiger partial charge in [-0.3, -0.25) is 0 Å². The predicted octanol–water partition coefficient (Wildman–Crippen LogP) is 5.55. The Morgan fingerprint density at radius 3 is 2.56 bits per heavy atom. The van der Waals surface area contributed by atoms with Crippen molar-refractivity contribution in [2.24, 2.45) is 0 Å². The lowest BCUT2D eigenvalue weighted by molar-refractivity contribution is 0.0767. The average molecular weight is 650 g/mol. The van der Waals surface area contributed by atoms with Gasteiger partial charge >= 0.3 is 12.1 Å². The van der Waals surface area contributed by atoms with E-state index in [1.54, 1.807) is 4.90 Å². The van der Waals surface area contributed by atoms with Crippen LogP contribution in [0.4, 0.5) is 20.7 Å². The number of halogens is 1. The summed E-state index contributed by atoms with van der Waals surface area (Å²) in [6, 6.07) is 23.1. The van der Waals surface area contributed by atoms with E-state index < -0.39 is 6.09 Å². The maximum atomic E-state index is 14.7. The normalized spacial score (nSPS) is 19.6. The number of nitrogens with zero attached hydrogens (tertiary/aromatic N) is 7. The number of aromatic nitrogens is 2. The number of ether oxygens (including phenoxy) is 2. The molecule has 0 N–H and O–H groups in total. The maximum Gasteiger partial charge on any atom is 0.410 e. The molecule has 7 rings (SSSR count). The number of likely N-dealkylation sites (N-methyl/N-ethyl adjacent to an activating group) is 1. The zero-order chi connectivity index (χ0) is 33.0. The van der Waals surface area contributed by atoms with E-state index in [1.165, 1.54) is 6.07 Å². The Bertz CT molecular complexity index is 1820. The minimum atomic E-state index is -0.421. The SMILES string of the molecule is CN1CCC[C@@H]1COc1nc2c(c(N3CCN(C(=O)OCc4ccccc4)[C@@H](CC#N)C3)n1)CCN(c1ccc(F)c3ccccc13)C2. The molecule has 0 spiro atoms. The highest BCUT2D eigenvalue weighted by atomic mass is 19.1. The minimum Gasteiger partial charge on any atom is -0.462 e. The number of hydrogen-bond acceptors (Lipinski definition) is 9. The van der Waals surface area contributed by atoms with Crippen molar-refractivity contribution in [2.45, 2.75) is 50.9 Å². The Balaban J connectivity index is 1.15. The fourth-order valence-electron chi connectivity index (χ4n) is 7.17. The van der Waals surface area contributed by atoms with Crippen LogP contribution >= 0.6 is 0 Å². The minimum absolute atomic E-state index is 0.174. The molecular weight excluding hydrogens is 609 g/mol. The molecule has 4 aromatic rings. The third kappa shape index (κ3) is 6.58. The van der Waals surface area contributed by atoms with E-state index in [0.717, 1.165) is 53.1 Å². The van der Waals surface area contributed by atoms with E-state index in [1.807, 2.05) is 60.7 Å². The van der Waals surface area contributed by atoms with Crippen molar-refractivity contribution < 1.29 is 18.7 Å². The van der Waals surface area contributed by atoms with Gasteiger partial charge in [0.2, 0.25) is 0 Å². The van der Waals surface area contributed by atoms with E-state index in [-0.39, 0.29) is 24.9 Å². The number of piperazine rings is 1. The zero-order valence-corrected chi connectivity index (χ0v) is 27.2. The highest BCUT2D eigenvalue weighted by Crippen LogP contribution is 2.35. The van der Waals surface area contributed by atoms with Crippen molar-refractivity contribution in [1.82, 2.24) is 19.8 Å². The molecule has 1 aromatic heterocycles. The number of benzene rings is 3. The Labute approximate surface area is 280 Å². The van der Waals surface area contributed by atoms with Crippen LogP contribution in [0, 0.1) is 17.1 Å². The molecule has 3 aromatic carbocycles. The van der Waals surface area contributed by atoms with Gasteiger partial charge in [-0.1, -0.05) is 54.6 Å². The standard InChI is InChI=1S/C37H40FN7O3/c1-42-18-7-10-28(42)25-47-36-40-33-23-43(34-14-13-32(38)29-11-5-6-12-30(29)34)19-16-31(33)35(41-36)44-20-21-45(27(22-44)15-17-39)37(46)48-24-26-8-3-2-4-9-26/h2-6,8-9,11-14,27-28H,7,10,15-16,18-25H2,1H3/t27-,28+/m0/s1. The van der Waals surface area contributed by atoms with E-state index in [4.69, 9.17) is 19.4 Å². The number of fused-ring (bicyclic) bond motifs is 2. The predicted molar refractivity (Wildman–Crippen MR) is 181 cm³/mol. The van der Waals surface area contributed by atoms with Crippen LogP contribution in [0.3, 0.4) is 0 Å². The molecule has 0 unspecified atom stereocenters. The number of likely N-dealkylation sites (tertiary alicyclic amines) is 1. The summed E-state index contributed by atoms with van der Waals surface area (Å²) in [7, 11) is 2.12. The van der Waals surface area contributed by atoms with Crippen molar-refractivity contribution in [3.8, 4) is 12.1 Å². The quantitative estimate of drug-likeness (QED) is 0.244. The molecule has 0 bridgehead atoms. The first-order valence-corrected chi connectivity index (χ1v) is 16.7.